The Bertz CT molecular complexity index is 634. The van der Waals surface area contributed by atoms with E-state index in [-0.39, 0.29) is 17.4 Å². The Kier molecular flexibility index (Phi) is 3.67. The zero-order valence-electron chi connectivity index (χ0n) is 10.4. The Morgan fingerprint density at radius 2 is 2.05 bits per heavy atom. The van der Waals surface area contributed by atoms with Crippen LogP contribution >= 0.6 is 0 Å². The first-order valence-corrected chi connectivity index (χ1v) is 5.82. The number of halogens is 1. The van der Waals surface area contributed by atoms with Crippen molar-refractivity contribution in [2.45, 2.75) is 13.0 Å². The highest BCUT2D eigenvalue weighted by Crippen LogP contribution is 2.25. The monoisotopic (exact) mass is 256 g/mol. The van der Waals surface area contributed by atoms with Crippen molar-refractivity contribution >= 4 is 5.69 Å². The summed E-state index contributed by atoms with van der Waals surface area (Å²) in [6, 6.07) is 13.2. The minimum Gasteiger partial charge on any atom is -0.483 e. The standard InChI is InChI=1S/C15H13FN2O/c1-10(12-3-2-4-13(18)8-12)19-15-6-5-11(9-17)7-14(15)16/h2-8,10H,18H2,1H3. The van der Waals surface area contributed by atoms with Crippen LogP contribution < -0.4 is 10.5 Å². The lowest BCUT2D eigenvalue weighted by molar-refractivity contribution is 0.216. The van der Waals surface area contributed by atoms with Crippen molar-refractivity contribution in [1.82, 2.24) is 0 Å². The summed E-state index contributed by atoms with van der Waals surface area (Å²) >= 11 is 0. The van der Waals surface area contributed by atoms with E-state index in [1.54, 1.807) is 12.1 Å². The predicted molar refractivity (Wildman–Crippen MR) is 71.0 cm³/mol. The molecule has 2 rings (SSSR count). The molecule has 0 heterocycles. The molecule has 2 aromatic carbocycles. The lowest BCUT2D eigenvalue weighted by atomic mass is 10.1. The summed E-state index contributed by atoms with van der Waals surface area (Å²) in [5, 5.41) is 8.67. The van der Waals surface area contributed by atoms with Crippen LogP contribution in [-0.2, 0) is 0 Å². The van der Waals surface area contributed by atoms with Crippen molar-refractivity contribution in [2.24, 2.45) is 0 Å². The van der Waals surface area contributed by atoms with E-state index in [4.69, 9.17) is 15.7 Å². The minimum atomic E-state index is -0.546. The van der Waals surface area contributed by atoms with Crippen molar-refractivity contribution in [3.05, 3.63) is 59.4 Å². The van der Waals surface area contributed by atoms with Gasteiger partial charge in [0.15, 0.2) is 11.6 Å². The largest absolute Gasteiger partial charge is 0.483 e. The highest BCUT2D eigenvalue weighted by molar-refractivity contribution is 5.42. The van der Waals surface area contributed by atoms with Gasteiger partial charge in [0.25, 0.3) is 0 Å². The van der Waals surface area contributed by atoms with Crippen LogP contribution in [-0.4, -0.2) is 0 Å². The molecule has 0 aliphatic rings. The van der Waals surface area contributed by atoms with Gasteiger partial charge in [0.1, 0.15) is 6.10 Å². The molecule has 1 unspecified atom stereocenters. The fourth-order valence-corrected chi connectivity index (χ4v) is 1.74. The number of nitrogen functional groups attached to an aromatic ring is 1. The lowest BCUT2D eigenvalue weighted by Crippen LogP contribution is -2.05. The van der Waals surface area contributed by atoms with Crippen LogP contribution in [0.1, 0.15) is 24.2 Å². The molecule has 0 radical (unpaired) electrons. The van der Waals surface area contributed by atoms with Crippen LogP contribution in [0.3, 0.4) is 0 Å². The van der Waals surface area contributed by atoms with Gasteiger partial charge in [-0.25, -0.2) is 4.39 Å². The minimum absolute atomic E-state index is 0.119. The SMILES string of the molecule is CC(Oc1ccc(C#N)cc1F)c1cccc(N)c1. The smallest absolute Gasteiger partial charge is 0.166 e. The number of nitrogens with two attached hydrogens (primary N) is 1. The van der Waals surface area contributed by atoms with Crippen molar-refractivity contribution in [2.75, 3.05) is 5.73 Å². The van der Waals surface area contributed by atoms with Gasteiger partial charge in [0.2, 0.25) is 0 Å². The summed E-state index contributed by atoms with van der Waals surface area (Å²) in [4.78, 5) is 0. The molecule has 0 fully saturated rings. The summed E-state index contributed by atoms with van der Waals surface area (Å²) in [7, 11) is 0. The molecule has 19 heavy (non-hydrogen) atoms. The van der Waals surface area contributed by atoms with Crippen molar-refractivity contribution in [3.63, 3.8) is 0 Å². The van der Waals surface area contributed by atoms with E-state index < -0.39 is 5.82 Å². The lowest BCUT2D eigenvalue weighted by Gasteiger charge is -2.16. The number of anilines is 1. The van der Waals surface area contributed by atoms with Gasteiger partial charge in [0, 0.05) is 5.69 Å². The highest BCUT2D eigenvalue weighted by Gasteiger charge is 2.11. The average molecular weight is 256 g/mol. The molecular weight excluding hydrogens is 243 g/mol. The van der Waals surface area contributed by atoms with Crippen molar-refractivity contribution < 1.29 is 9.13 Å². The normalized spacial score (nSPS) is 11.6. The molecule has 0 aliphatic heterocycles. The summed E-state index contributed by atoms with van der Waals surface area (Å²) in [5.41, 5.74) is 7.45. The third kappa shape index (κ3) is 3.02. The first-order chi connectivity index (χ1) is 9.10. The van der Waals surface area contributed by atoms with Gasteiger partial charge in [-0.3, -0.25) is 0 Å². The van der Waals surface area contributed by atoms with Gasteiger partial charge >= 0.3 is 0 Å². The Morgan fingerprint density at radius 1 is 1.26 bits per heavy atom. The van der Waals surface area contributed by atoms with Gasteiger partial charge in [-0.05, 0) is 42.8 Å². The molecule has 0 aliphatic carbocycles. The van der Waals surface area contributed by atoms with E-state index in [0.717, 1.165) is 11.6 Å². The summed E-state index contributed by atoms with van der Waals surface area (Å²) < 4.78 is 19.2. The predicted octanol–water partition coefficient (Wildman–Crippen LogP) is 3.42. The van der Waals surface area contributed by atoms with Crippen LogP contribution in [0, 0.1) is 17.1 Å². The van der Waals surface area contributed by atoms with Gasteiger partial charge in [-0.1, -0.05) is 12.1 Å². The third-order valence-electron chi connectivity index (χ3n) is 2.74. The molecule has 2 N–H and O–H groups in total. The van der Waals surface area contributed by atoms with Crippen LogP contribution in [0.5, 0.6) is 5.75 Å². The number of nitrogens with zero attached hydrogens (tertiary/aromatic N) is 1. The van der Waals surface area contributed by atoms with E-state index in [2.05, 4.69) is 0 Å². The summed E-state index contributed by atoms with van der Waals surface area (Å²) in [6.07, 6.45) is -0.328. The first kappa shape index (κ1) is 12.9. The van der Waals surface area contributed by atoms with Gasteiger partial charge in [-0.2, -0.15) is 5.26 Å². The zero-order valence-corrected chi connectivity index (χ0v) is 10.4. The average Bonchev–Trinajstić information content (AvgIpc) is 2.41. The zero-order chi connectivity index (χ0) is 13.8. The van der Waals surface area contributed by atoms with E-state index in [0.29, 0.717) is 5.69 Å². The molecule has 2 aromatic rings. The van der Waals surface area contributed by atoms with Crippen LogP contribution in [0.4, 0.5) is 10.1 Å². The Morgan fingerprint density at radius 3 is 2.68 bits per heavy atom. The molecule has 96 valence electrons. The first-order valence-electron chi connectivity index (χ1n) is 5.82. The molecule has 0 aromatic heterocycles. The van der Waals surface area contributed by atoms with Gasteiger partial charge in [-0.15, -0.1) is 0 Å². The van der Waals surface area contributed by atoms with E-state index in [1.165, 1.54) is 12.1 Å². The molecule has 0 saturated heterocycles. The maximum atomic E-state index is 13.7. The second-order valence-corrected chi connectivity index (χ2v) is 4.19. The van der Waals surface area contributed by atoms with Crippen LogP contribution in [0.15, 0.2) is 42.5 Å². The van der Waals surface area contributed by atoms with E-state index in [9.17, 15) is 4.39 Å². The van der Waals surface area contributed by atoms with Gasteiger partial charge in [0.05, 0.1) is 11.6 Å². The van der Waals surface area contributed by atoms with Crippen molar-refractivity contribution in [3.8, 4) is 11.8 Å². The van der Waals surface area contributed by atoms with Crippen molar-refractivity contribution in [1.29, 1.82) is 5.26 Å². The third-order valence-corrected chi connectivity index (χ3v) is 2.74. The van der Waals surface area contributed by atoms with E-state index in [1.807, 2.05) is 25.1 Å². The number of benzene rings is 2. The highest BCUT2D eigenvalue weighted by atomic mass is 19.1. The summed E-state index contributed by atoms with van der Waals surface area (Å²) in [5.74, 6) is -0.427. The summed E-state index contributed by atoms with van der Waals surface area (Å²) in [6.45, 7) is 1.81. The molecule has 0 bridgehead atoms. The maximum Gasteiger partial charge on any atom is 0.166 e. The fourth-order valence-electron chi connectivity index (χ4n) is 1.74. The molecule has 4 heteroatoms. The molecule has 1 atom stereocenters. The van der Waals surface area contributed by atoms with Gasteiger partial charge < -0.3 is 10.5 Å². The Hall–Kier alpha value is -2.54. The van der Waals surface area contributed by atoms with Crippen LogP contribution in [0.2, 0.25) is 0 Å². The number of hydrogen-bond donors (Lipinski definition) is 1. The second kappa shape index (κ2) is 5.40. The van der Waals surface area contributed by atoms with E-state index >= 15 is 0 Å². The quantitative estimate of drug-likeness (QED) is 0.856. The fraction of sp³-hybridized carbons (Fsp3) is 0.133. The molecule has 0 amide bonds. The molecule has 0 spiro atoms. The number of ether oxygens (including phenoxy) is 1. The number of rotatable bonds is 3. The molecular formula is C15H13FN2O. The Balaban J connectivity index is 2.20. The topological polar surface area (TPSA) is 59.0 Å². The van der Waals surface area contributed by atoms with Crippen LogP contribution in [0.25, 0.3) is 0 Å². The molecule has 0 saturated carbocycles. The molecule has 3 nitrogen and oxygen atoms in total. The maximum absolute atomic E-state index is 13.7. The Labute approximate surface area is 111 Å². The number of hydrogen-bond acceptors (Lipinski definition) is 3. The second-order valence-electron chi connectivity index (χ2n) is 4.19. The number of nitriles is 1.